The molecule has 0 bridgehead atoms. The molecule has 0 amide bonds. The Morgan fingerprint density at radius 1 is 1.46 bits per heavy atom. The van der Waals surface area contributed by atoms with Crippen molar-refractivity contribution in [2.24, 2.45) is 0 Å². The molecule has 0 fully saturated rings. The third kappa shape index (κ3) is 4.79. The van der Waals surface area contributed by atoms with Crippen molar-refractivity contribution in [3.63, 3.8) is 0 Å². The quantitative estimate of drug-likeness (QED) is 0.712. The highest BCUT2D eigenvalue weighted by Gasteiger charge is 1.98. The first-order valence-corrected chi connectivity index (χ1v) is 6.60. The van der Waals surface area contributed by atoms with Crippen LogP contribution in [0.1, 0.15) is 11.3 Å². The predicted octanol–water partition coefficient (Wildman–Crippen LogP) is 3.01. The van der Waals surface area contributed by atoms with E-state index < -0.39 is 0 Å². The molecule has 1 aromatic rings. The maximum atomic E-state index is 3.44. The molecule has 1 heterocycles. The third-order valence-corrected chi connectivity index (χ3v) is 3.49. The zero-order chi connectivity index (χ0) is 9.52. The van der Waals surface area contributed by atoms with Crippen LogP contribution in [0.15, 0.2) is 17.5 Å². The van der Waals surface area contributed by atoms with Crippen LogP contribution in [0.3, 0.4) is 0 Å². The third-order valence-electron chi connectivity index (χ3n) is 1.99. The molecule has 0 atom stereocenters. The van der Waals surface area contributed by atoms with Gasteiger partial charge in [0, 0.05) is 16.8 Å². The Hall–Kier alpha value is 0.140. The Bertz CT molecular complexity index is 211. The predicted molar refractivity (Wildman–Crippen MR) is 63.9 cm³/mol. The number of rotatable bonds is 6. The van der Waals surface area contributed by atoms with Crippen LogP contribution in [0.5, 0.6) is 0 Å². The average molecular weight is 262 g/mol. The number of thiophene rings is 1. The smallest absolute Gasteiger partial charge is 0.00579 e. The van der Waals surface area contributed by atoms with Crippen molar-refractivity contribution in [1.82, 2.24) is 4.90 Å². The van der Waals surface area contributed by atoms with Crippen molar-refractivity contribution < 1.29 is 0 Å². The molecule has 1 nitrogen and oxygen atoms in total. The minimum Gasteiger partial charge on any atom is -0.306 e. The number of nitrogens with zero attached hydrogens (tertiary/aromatic N) is 1. The Morgan fingerprint density at radius 3 is 2.92 bits per heavy atom. The van der Waals surface area contributed by atoms with Crippen LogP contribution >= 0.6 is 27.3 Å². The van der Waals surface area contributed by atoms with Gasteiger partial charge in [-0.15, -0.1) is 11.3 Å². The van der Waals surface area contributed by atoms with Crippen molar-refractivity contribution in [3.05, 3.63) is 22.4 Å². The van der Waals surface area contributed by atoms with Gasteiger partial charge in [0.2, 0.25) is 0 Å². The van der Waals surface area contributed by atoms with Gasteiger partial charge in [-0.1, -0.05) is 22.0 Å². The van der Waals surface area contributed by atoms with Crippen LogP contribution < -0.4 is 0 Å². The first-order chi connectivity index (χ1) is 6.33. The van der Waals surface area contributed by atoms with Crippen LogP contribution in [0, 0.1) is 0 Å². The number of hydrogen-bond acceptors (Lipinski definition) is 2. The first kappa shape index (κ1) is 11.2. The Labute approximate surface area is 92.9 Å². The fourth-order valence-electron chi connectivity index (χ4n) is 1.20. The summed E-state index contributed by atoms with van der Waals surface area (Å²) in [6.07, 6.45) is 2.43. The molecule has 0 N–H and O–H groups in total. The fraction of sp³-hybridized carbons (Fsp3) is 0.600. The maximum Gasteiger partial charge on any atom is 0.00579 e. The summed E-state index contributed by atoms with van der Waals surface area (Å²) in [7, 11) is 2.19. The summed E-state index contributed by atoms with van der Waals surface area (Å²) in [6, 6.07) is 4.33. The second-order valence-electron chi connectivity index (χ2n) is 3.18. The summed E-state index contributed by atoms with van der Waals surface area (Å²) in [5.74, 6) is 0. The van der Waals surface area contributed by atoms with Gasteiger partial charge >= 0.3 is 0 Å². The van der Waals surface area contributed by atoms with Gasteiger partial charge in [0.1, 0.15) is 0 Å². The lowest BCUT2D eigenvalue weighted by Crippen LogP contribution is -2.22. The summed E-state index contributed by atoms with van der Waals surface area (Å²) in [5.41, 5.74) is 0. The van der Waals surface area contributed by atoms with E-state index in [0.29, 0.717) is 0 Å². The van der Waals surface area contributed by atoms with Crippen molar-refractivity contribution >= 4 is 27.3 Å². The monoisotopic (exact) mass is 261 g/mol. The van der Waals surface area contributed by atoms with Gasteiger partial charge in [-0.3, -0.25) is 0 Å². The normalized spacial score (nSPS) is 11.0. The standard InChI is InChI=1S/C10H16BrNS/c1-12(7-3-6-11)8-5-10-4-2-9-13-10/h2,4,9H,3,5-8H2,1H3. The molecule has 0 aliphatic carbocycles. The molecule has 0 aromatic carbocycles. The minimum absolute atomic E-state index is 1.11. The Balaban J connectivity index is 2.11. The molecule has 1 aromatic heterocycles. The Morgan fingerprint density at radius 2 is 2.31 bits per heavy atom. The molecule has 0 unspecified atom stereocenters. The van der Waals surface area contributed by atoms with E-state index in [9.17, 15) is 0 Å². The van der Waals surface area contributed by atoms with E-state index in [-0.39, 0.29) is 0 Å². The second kappa shape index (κ2) is 6.57. The molecule has 0 saturated carbocycles. The largest absolute Gasteiger partial charge is 0.306 e. The topological polar surface area (TPSA) is 3.24 Å². The van der Waals surface area contributed by atoms with Gasteiger partial charge in [0.25, 0.3) is 0 Å². The van der Waals surface area contributed by atoms with E-state index in [1.54, 1.807) is 0 Å². The lowest BCUT2D eigenvalue weighted by molar-refractivity contribution is 0.341. The van der Waals surface area contributed by atoms with Gasteiger partial charge in [-0.2, -0.15) is 0 Å². The summed E-state index contributed by atoms with van der Waals surface area (Å²) < 4.78 is 0. The molecule has 0 aliphatic heterocycles. The summed E-state index contributed by atoms with van der Waals surface area (Å²) in [4.78, 5) is 3.88. The Kier molecular flexibility index (Phi) is 5.67. The molecule has 0 saturated heterocycles. The maximum absolute atomic E-state index is 3.44. The molecule has 1 rings (SSSR count). The van der Waals surface area contributed by atoms with E-state index in [1.165, 1.54) is 30.8 Å². The van der Waals surface area contributed by atoms with E-state index in [0.717, 1.165) is 5.33 Å². The zero-order valence-corrected chi connectivity index (χ0v) is 10.4. The number of hydrogen-bond donors (Lipinski definition) is 0. The van der Waals surface area contributed by atoms with Gasteiger partial charge in [-0.25, -0.2) is 0 Å². The molecular weight excluding hydrogens is 246 g/mol. The molecule has 0 spiro atoms. The fourth-order valence-corrected chi connectivity index (χ4v) is 2.15. The number of likely N-dealkylation sites (N-methyl/N-ethyl adjacent to an activating group) is 1. The summed E-state index contributed by atoms with van der Waals surface area (Å²) in [5, 5.41) is 3.25. The van der Waals surface area contributed by atoms with E-state index in [4.69, 9.17) is 0 Å². The second-order valence-corrected chi connectivity index (χ2v) is 5.00. The number of alkyl halides is 1. The molecule has 0 aliphatic rings. The zero-order valence-electron chi connectivity index (χ0n) is 8.00. The van der Waals surface area contributed by atoms with Crippen LogP contribution in [0.2, 0.25) is 0 Å². The molecule has 3 heteroatoms. The van der Waals surface area contributed by atoms with Crippen molar-refractivity contribution in [2.75, 3.05) is 25.5 Å². The lowest BCUT2D eigenvalue weighted by atomic mass is 10.3. The highest BCUT2D eigenvalue weighted by molar-refractivity contribution is 9.09. The highest BCUT2D eigenvalue weighted by atomic mass is 79.9. The van der Waals surface area contributed by atoms with Crippen molar-refractivity contribution in [3.8, 4) is 0 Å². The van der Waals surface area contributed by atoms with Gasteiger partial charge in [-0.05, 0) is 37.9 Å². The number of halogens is 1. The molecule has 13 heavy (non-hydrogen) atoms. The average Bonchev–Trinajstić information content (AvgIpc) is 2.64. The molecule has 0 radical (unpaired) electrons. The van der Waals surface area contributed by atoms with E-state index >= 15 is 0 Å². The first-order valence-electron chi connectivity index (χ1n) is 4.60. The van der Waals surface area contributed by atoms with Crippen molar-refractivity contribution in [2.45, 2.75) is 12.8 Å². The van der Waals surface area contributed by atoms with Crippen LogP contribution in [-0.2, 0) is 6.42 Å². The van der Waals surface area contributed by atoms with Gasteiger partial charge in [0.05, 0.1) is 0 Å². The lowest BCUT2D eigenvalue weighted by Gasteiger charge is -2.14. The van der Waals surface area contributed by atoms with Gasteiger partial charge < -0.3 is 4.90 Å². The molecule has 74 valence electrons. The van der Waals surface area contributed by atoms with Crippen LogP contribution in [-0.4, -0.2) is 30.4 Å². The van der Waals surface area contributed by atoms with E-state index in [1.807, 2.05) is 11.3 Å². The SMILES string of the molecule is CN(CCCBr)CCc1cccs1. The van der Waals surface area contributed by atoms with E-state index in [2.05, 4.69) is 45.4 Å². The summed E-state index contributed by atoms with van der Waals surface area (Å²) >= 11 is 5.30. The highest BCUT2D eigenvalue weighted by Crippen LogP contribution is 2.09. The van der Waals surface area contributed by atoms with Crippen LogP contribution in [0.4, 0.5) is 0 Å². The molecular formula is C10H16BrNS. The van der Waals surface area contributed by atoms with Gasteiger partial charge in [0.15, 0.2) is 0 Å². The van der Waals surface area contributed by atoms with Crippen molar-refractivity contribution in [1.29, 1.82) is 0 Å². The minimum atomic E-state index is 1.11. The van der Waals surface area contributed by atoms with Crippen LogP contribution in [0.25, 0.3) is 0 Å². The summed E-state index contributed by atoms with van der Waals surface area (Å²) in [6.45, 7) is 2.37.